The van der Waals surface area contributed by atoms with E-state index in [9.17, 15) is 4.79 Å². The molecule has 0 saturated carbocycles. The SMILES string of the molecule is C=N/C(=C\C(=N/C)C(C)(C)C)NC1CN(CC(N)=O)C1. The third kappa shape index (κ3) is 4.77. The Balaban J connectivity index is 2.57. The van der Waals surface area contributed by atoms with E-state index in [0.29, 0.717) is 12.4 Å². The number of rotatable bonds is 6. The second-order valence-electron chi connectivity index (χ2n) is 6.05. The Hall–Kier alpha value is -1.69. The Morgan fingerprint density at radius 2 is 2.10 bits per heavy atom. The Morgan fingerprint density at radius 3 is 2.50 bits per heavy atom. The molecule has 20 heavy (non-hydrogen) atoms. The van der Waals surface area contributed by atoms with Crippen molar-refractivity contribution < 1.29 is 4.79 Å². The van der Waals surface area contributed by atoms with E-state index in [0.717, 1.165) is 18.8 Å². The molecule has 0 aromatic carbocycles. The van der Waals surface area contributed by atoms with Gasteiger partial charge in [0.05, 0.1) is 12.6 Å². The van der Waals surface area contributed by atoms with Crippen LogP contribution in [0.4, 0.5) is 0 Å². The lowest BCUT2D eigenvalue weighted by Gasteiger charge is -2.39. The van der Waals surface area contributed by atoms with Crippen LogP contribution >= 0.6 is 0 Å². The molecule has 0 unspecified atom stereocenters. The molecular weight excluding hydrogens is 254 g/mol. The molecule has 6 heteroatoms. The van der Waals surface area contributed by atoms with Gasteiger partial charge in [0, 0.05) is 37.3 Å². The van der Waals surface area contributed by atoms with Gasteiger partial charge >= 0.3 is 0 Å². The van der Waals surface area contributed by atoms with E-state index in [4.69, 9.17) is 5.73 Å². The van der Waals surface area contributed by atoms with Crippen LogP contribution in [0.5, 0.6) is 0 Å². The molecule has 1 saturated heterocycles. The third-order valence-electron chi connectivity index (χ3n) is 3.14. The van der Waals surface area contributed by atoms with Gasteiger partial charge < -0.3 is 11.1 Å². The lowest BCUT2D eigenvalue weighted by molar-refractivity contribution is -0.120. The molecule has 1 amide bonds. The standard InChI is InChI=1S/C14H25N5O/c1-14(2,3)11(16-4)6-13(17-5)18-10-7-19(8-10)9-12(15)20/h6,10,18H,5,7-9H2,1-4H3,(H2,15,20)/b13-6+,16-11+. The highest BCUT2D eigenvalue weighted by Gasteiger charge is 2.28. The number of carbonyl (C=O) groups is 1. The number of nitrogens with one attached hydrogen (secondary N) is 1. The van der Waals surface area contributed by atoms with Gasteiger partial charge in [-0.05, 0) is 6.72 Å². The number of nitrogens with two attached hydrogens (primary N) is 1. The van der Waals surface area contributed by atoms with Crippen LogP contribution in [-0.2, 0) is 4.79 Å². The predicted octanol–water partition coefficient (Wildman–Crippen LogP) is 0.404. The van der Waals surface area contributed by atoms with Crippen LogP contribution in [0.3, 0.4) is 0 Å². The van der Waals surface area contributed by atoms with E-state index in [1.165, 1.54) is 0 Å². The molecule has 1 heterocycles. The van der Waals surface area contributed by atoms with Crippen LogP contribution in [-0.4, -0.2) is 56.0 Å². The largest absolute Gasteiger partial charge is 0.369 e. The molecule has 6 nitrogen and oxygen atoms in total. The molecule has 1 aliphatic heterocycles. The quantitative estimate of drug-likeness (QED) is 0.691. The highest BCUT2D eigenvalue weighted by Crippen LogP contribution is 2.18. The molecular formula is C14H25N5O. The molecule has 112 valence electrons. The van der Waals surface area contributed by atoms with Crippen LogP contribution in [0.25, 0.3) is 0 Å². The summed E-state index contributed by atoms with van der Waals surface area (Å²) in [6, 6.07) is 0.268. The number of hydrogen-bond acceptors (Lipinski definition) is 5. The summed E-state index contributed by atoms with van der Waals surface area (Å²) in [6.45, 7) is 11.8. The smallest absolute Gasteiger partial charge is 0.231 e. The first-order valence-corrected chi connectivity index (χ1v) is 6.69. The average molecular weight is 279 g/mol. The summed E-state index contributed by atoms with van der Waals surface area (Å²) in [5.74, 6) is 0.415. The third-order valence-corrected chi connectivity index (χ3v) is 3.14. The van der Waals surface area contributed by atoms with Crippen LogP contribution < -0.4 is 11.1 Å². The number of amides is 1. The summed E-state index contributed by atoms with van der Waals surface area (Å²) >= 11 is 0. The van der Waals surface area contributed by atoms with Crippen molar-refractivity contribution in [2.45, 2.75) is 26.8 Å². The van der Waals surface area contributed by atoms with Gasteiger partial charge in [0.2, 0.25) is 5.91 Å². The summed E-state index contributed by atoms with van der Waals surface area (Å²) in [5, 5.41) is 3.30. The first-order valence-electron chi connectivity index (χ1n) is 6.69. The fourth-order valence-corrected chi connectivity index (χ4v) is 2.10. The molecule has 1 fully saturated rings. The fourth-order valence-electron chi connectivity index (χ4n) is 2.10. The zero-order chi connectivity index (χ0) is 15.3. The topological polar surface area (TPSA) is 83.1 Å². The van der Waals surface area contributed by atoms with Gasteiger partial charge in [0.25, 0.3) is 0 Å². The van der Waals surface area contributed by atoms with Crippen molar-refractivity contribution in [1.82, 2.24) is 10.2 Å². The Bertz CT molecular complexity index is 427. The van der Waals surface area contributed by atoms with Crippen molar-refractivity contribution in [3.05, 3.63) is 11.9 Å². The van der Waals surface area contributed by atoms with Crippen LogP contribution in [0.15, 0.2) is 21.9 Å². The molecule has 0 bridgehead atoms. The summed E-state index contributed by atoms with van der Waals surface area (Å²) in [7, 11) is 1.77. The van der Waals surface area contributed by atoms with Crippen molar-refractivity contribution >= 4 is 18.3 Å². The molecule has 1 aliphatic rings. The zero-order valence-corrected chi connectivity index (χ0v) is 12.8. The van der Waals surface area contributed by atoms with E-state index in [2.05, 4.69) is 42.8 Å². The van der Waals surface area contributed by atoms with Crippen LogP contribution in [0.2, 0.25) is 0 Å². The van der Waals surface area contributed by atoms with Gasteiger partial charge in [-0.15, -0.1) is 0 Å². The summed E-state index contributed by atoms with van der Waals surface area (Å²) < 4.78 is 0. The first kappa shape index (κ1) is 16.4. The molecule has 0 aromatic rings. The van der Waals surface area contributed by atoms with E-state index >= 15 is 0 Å². The van der Waals surface area contributed by atoms with Crippen molar-refractivity contribution in [3.8, 4) is 0 Å². The molecule has 0 spiro atoms. The Morgan fingerprint density at radius 1 is 1.50 bits per heavy atom. The van der Waals surface area contributed by atoms with Gasteiger partial charge in [0.1, 0.15) is 5.82 Å². The van der Waals surface area contributed by atoms with E-state index in [1.54, 1.807) is 7.05 Å². The van der Waals surface area contributed by atoms with Gasteiger partial charge in [-0.2, -0.15) is 0 Å². The minimum absolute atomic E-state index is 0.0377. The summed E-state index contributed by atoms with van der Waals surface area (Å²) in [6.07, 6.45) is 1.92. The van der Waals surface area contributed by atoms with Gasteiger partial charge in [-0.25, -0.2) is 4.99 Å². The predicted molar refractivity (Wildman–Crippen MR) is 83.0 cm³/mol. The maximum atomic E-state index is 10.8. The van der Waals surface area contributed by atoms with E-state index in [-0.39, 0.29) is 17.4 Å². The maximum absolute atomic E-state index is 10.8. The Kier molecular flexibility index (Phi) is 5.44. The molecule has 1 rings (SSSR count). The maximum Gasteiger partial charge on any atom is 0.231 e. The zero-order valence-electron chi connectivity index (χ0n) is 12.8. The monoisotopic (exact) mass is 279 g/mol. The highest BCUT2D eigenvalue weighted by atomic mass is 16.1. The lowest BCUT2D eigenvalue weighted by Crippen LogP contribution is -2.59. The minimum atomic E-state index is -0.297. The van der Waals surface area contributed by atoms with Crippen molar-refractivity contribution in [3.63, 3.8) is 0 Å². The molecule has 0 radical (unpaired) electrons. The van der Waals surface area contributed by atoms with Crippen LogP contribution in [0.1, 0.15) is 20.8 Å². The lowest BCUT2D eigenvalue weighted by atomic mass is 9.89. The minimum Gasteiger partial charge on any atom is -0.369 e. The van der Waals surface area contributed by atoms with Crippen LogP contribution in [0, 0.1) is 5.41 Å². The first-order chi connectivity index (χ1) is 9.26. The van der Waals surface area contributed by atoms with Crippen molar-refractivity contribution in [1.29, 1.82) is 0 Å². The Labute approximate surface area is 120 Å². The number of carbonyl (C=O) groups excluding carboxylic acids is 1. The summed E-state index contributed by atoms with van der Waals surface area (Å²) in [4.78, 5) is 21.1. The average Bonchev–Trinajstić information content (AvgIpc) is 2.28. The molecule has 0 aliphatic carbocycles. The number of aliphatic imine (C=N–C) groups is 2. The normalized spacial score (nSPS) is 18.6. The van der Waals surface area contributed by atoms with E-state index in [1.807, 2.05) is 11.0 Å². The van der Waals surface area contributed by atoms with Gasteiger partial charge in [0.15, 0.2) is 0 Å². The highest BCUT2D eigenvalue weighted by molar-refractivity contribution is 5.99. The second kappa shape index (κ2) is 6.65. The number of primary amides is 1. The number of allylic oxidation sites excluding steroid dienone is 1. The number of nitrogens with zero attached hydrogens (tertiary/aromatic N) is 3. The van der Waals surface area contributed by atoms with E-state index < -0.39 is 0 Å². The molecule has 0 aromatic heterocycles. The second-order valence-corrected chi connectivity index (χ2v) is 6.05. The molecule has 3 N–H and O–H groups in total. The number of likely N-dealkylation sites (tertiary alicyclic amines) is 1. The van der Waals surface area contributed by atoms with Crippen molar-refractivity contribution in [2.24, 2.45) is 21.1 Å². The van der Waals surface area contributed by atoms with Gasteiger partial charge in [-0.3, -0.25) is 14.7 Å². The fraction of sp³-hybridized carbons (Fsp3) is 0.643. The van der Waals surface area contributed by atoms with Gasteiger partial charge in [-0.1, -0.05) is 20.8 Å². The number of hydrogen-bond donors (Lipinski definition) is 2. The summed E-state index contributed by atoms with van der Waals surface area (Å²) in [5.41, 5.74) is 6.07. The molecule has 0 atom stereocenters. The van der Waals surface area contributed by atoms with Crippen molar-refractivity contribution in [2.75, 3.05) is 26.7 Å².